The van der Waals surface area contributed by atoms with Gasteiger partial charge in [0.1, 0.15) is 5.58 Å². The summed E-state index contributed by atoms with van der Waals surface area (Å²) in [6.45, 7) is 4.34. The number of amides is 3. The average molecular weight is 435 g/mol. The molecular weight excluding hydrogens is 412 g/mol. The lowest BCUT2D eigenvalue weighted by Gasteiger charge is -2.12. The van der Waals surface area contributed by atoms with Crippen LogP contribution in [0.5, 0.6) is 0 Å². The summed E-state index contributed by atoms with van der Waals surface area (Å²) in [4.78, 5) is 38.7. The number of benzene rings is 2. The minimum absolute atomic E-state index is 0.132. The second kappa shape index (κ2) is 8.81. The lowest BCUT2D eigenvalue weighted by molar-refractivity contribution is -0.124. The number of nitrogens with zero attached hydrogens (tertiary/aromatic N) is 1. The Kier molecular flexibility index (Phi) is 5.95. The quantitative estimate of drug-likeness (QED) is 0.580. The first kappa shape index (κ1) is 20.9. The SMILES string of the molecule is Cc1ccc2c(CC(=O)NCCN3C(=O)S/C(=C\c4ccccc4)C3=O)coc2c1C. The lowest BCUT2D eigenvalue weighted by Crippen LogP contribution is -2.37. The van der Waals surface area contributed by atoms with Gasteiger partial charge in [-0.2, -0.15) is 0 Å². The monoisotopic (exact) mass is 434 g/mol. The van der Waals surface area contributed by atoms with Crippen molar-refractivity contribution in [1.29, 1.82) is 0 Å². The zero-order valence-corrected chi connectivity index (χ0v) is 18.1. The van der Waals surface area contributed by atoms with Gasteiger partial charge in [0.05, 0.1) is 17.6 Å². The first-order valence-corrected chi connectivity index (χ1v) is 10.8. The molecule has 0 atom stereocenters. The van der Waals surface area contributed by atoms with Crippen molar-refractivity contribution in [3.8, 4) is 0 Å². The molecule has 0 unspecified atom stereocenters. The van der Waals surface area contributed by atoms with E-state index in [0.29, 0.717) is 4.91 Å². The highest BCUT2D eigenvalue weighted by molar-refractivity contribution is 8.18. The topological polar surface area (TPSA) is 79.6 Å². The summed E-state index contributed by atoms with van der Waals surface area (Å²) in [6, 6.07) is 13.3. The number of carbonyl (C=O) groups excluding carboxylic acids is 3. The molecule has 1 fully saturated rings. The summed E-state index contributed by atoms with van der Waals surface area (Å²) in [5.74, 6) is -0.521. The summed E-state index contributed by atoms with van der Waals surface area (Å²) in [5, 5.41) is 3.39. The number of nitrogens with one attached hydrogen (secondary N) is 1. The fourth-order valence-corrected chi connectivity index (χ4v) is 4.33. The van der Waals surface area contributed by atoms with Crippen molar-refractivity contribution < 1.29 is 18.8 Å². The number of hydrogen-bond acceptors (Lipinski definition) is 5. The van der Waals surface area contributed by atoms with E-state index in [9.17, 15) is 14.4 Å². The van der Waals surface area contributed by atoms with Crippen molar-refractivity contribution in [2.45, 2.75) is 20.3 Å². The summed E-state index contributed by atoms with van der Waals surface area (Å²) in [6.07, 6.45) is 3.49. The van der Waals surface area contributed by atoms with E-state index in [2.05, 4.69) is 5.32 Å². The summed E-state index contributed by atoms with van der Waals surface area (Å²) < 4.78 is 5.65. The minimum Gasteiger partial charge on any atom is -0.464 e. The molecule has 3 aromatic rings. The Hall–Kier alpha value is -3.32. The summed E-state index contributed by atoms with van der Waals surface area (Å²) >= 11 is 0.917. The summed E-state index contributed by atoms with van der Waals surface area (Å²) in [5.41, 5.74) is 4.67. The molecule has 4 rings (SSSR count). The van der Waals surface area contributed by atoms with Gasteiger partial charge in [0.15, 0.2) is 0 Å². The Bertz CT molecular complexity index is 1200. The zero-order valence-electron chi connectivity index (χ0n) is 17.3. The molecule has 1 aliphatic rings. The highest BCUT2D eigenvalue weighted by atomic mass is 32.2. The maximum absolute atomic E-state index is 12.5. The molecule has 31 heavy (non-hydrogen) atoms. The van der Waals surface area contributed by atoms with Gasteiger partial charge in [0.25, 0.3) is 11.1 Å². The van der Waals surface area contributed by atoms with Crippen LogP contribution in [0.1, 0.15) is 22.3 Å². The Morgan fingerprint density at radius 2 is 1.90 bits per heavy atom. The van der Waals surface area contributed by atoms with E-state index in [1.54, 1.807) is 12.3 Å². The molecule has 0 spiro atoms. The molecule has 2 aromatic carbocycles. The number of aryl methyl sites for hydroxylation is 2. The molecule has 2 heterocycles. The molecular formula is C24H22N2O4S. The third-order valence-corrected chi connectivity index (χ3v) is 6.23. The molecule has 0 saturated carbocycles. The van der Waals surface area contributed by atoms with Gasteiger partial charge in [0, 0.05) is 24.0 Å². The van der Waals surface area contributed by atoms with Crippen LogP contribution < -0.4 is 5.32 Å². The first-order valence-electron chi connectivity index (χ1n) is 9.97. The largest absolute Gasteiger partial charge is 0.464 e. The Morgan fingerprint density at radius 3 is 2.68 bits per heavy atom. The smallest absolute Gasteiger partial charge is 0.293 e. The van der Waals surface area contributed by atoms with Crippen LogP contribution in [0.25, 0.3) is 17.0 Å². The van der Waals surface area contributed by atoms with E-state index in [1.165, 1.54) is 4.90 Å². The molecule has 1 aromatic heterocycles. The van der Waals surface area contributed by atoms with Crippen LogP contribution in [0, 0.1) is 13.8 Å². The molecule has 1 aliphatic heterocycles. The third-order valence-electron chi connectivity index (χ3n) is 5.32. The van der Waals surface area contributed by atoms with E-state index in [0.717, 1.165) is 45.0 Å². The fraction of sp³-hybridized carbons (Fsp3) is 0.208. The van der Waals surface area contributed by atoms with Crippen molar-refractivity contribution in [2.75, 3.05) is 13.1 Å². The van der Waals surface area contributed by atoms with Gasteiger partial charge < -0.3 is 9.73 Å². The molecule has 1 saturated heterocycles. The van der Waals surface area contributed by atoms with Crippen LogP contribution in [0.2, 0.25) is 0 Å². The number of carbonyl (C=O) groups is 3. The van der Waals surface area contributed by atoms with Gasteiger partial charge in [-0.15, -0.1) is 0 Å². The first-order chi connectivity index (χ1) is 14.9. The van der Waals surface area contributed by atoms with Gasteiger partial charge in [-0.3, -0.25) is 19.3 Å². The van der Waals surface area contributed by atoms with E-state index >= 15 is 0 Å². The van der Waals surface area contributed by atoms with E-state index in [1.807, 2.05) is 56.3 Å². The van der Waals surface area contributed by atoms with Crippen LogP contribution in [-0.2, 0) is 16.0 Å². The van der Waals surface area contributed by atoms with Crippen molar-refractivity contribution in [2.24, 2.45) is 0 Å². The zero-order chi connectivity index (χ0) is 22.0. The highest BCUT2D eigenvalue weighted by Gasteiger charge is 2.34. The number of fused-ring (bicyclic) bond motifs is 1. The maximum Gasteiger partial charge on any atom is 0.293 e. The third kappa shape index (κ3) is 4.41. The minimum atomic E-state index is -0.334. The van der Waals surface area contributed by atoms with Gasteiger partial charge in [-0.05, 0) is 48.4 Å². The standard InChI is InChI=1S/C24H22N2O4S/c1-15-8-9-19-18(14-30-22(19)16(15)2)13-21(27)25-10-11-26-23(28)20(31-24(26)29)12-17-6-4-3-5-7-17/h3-9,12,14H,10-11,13H2,1-2H3,(H,25,27)/b20-12-. The lowest BCUT2D eigenvalue weighted by atomic mass is 10.0. The van der Waals surface area contributed by atoms with Crippen LogP contribution >= 0.6 is 11.8 Å². The second-order valence-electron chi connectivity index (χ2n) is 7.42. The number of furan rings is 1. The molecule has 0 radical (unpaired) electrons. The van der Waals surface area contributed by atoms with E-state index < -0.39 is 0 Å². The van der Waals surface area contributed by atoms with Gasteiger partial charge >= 0.3 is 0 Å². The van der Waals surface area contributed by atoms with Crippen LogP contribution in [0.3, 0.4) is 0 Å². The second-order valence-corrected chi connectivity index (χ2v) is 8.41. The fourth-order valence-electron chi connectivity index (χ4n) is 3.46. The van der Waals surface area contributed by atoms with E-state index in [4.69, 9.17) is 4.42 Å². The molecule has 158 valence electrons. The van der Waals surface area contributed by atoms with E-state index in [-0.39, 0.29) is 36.6 Å². The average Bonchev–Trinajstić information content (AvgIpc) is 3.27. The number of imide groups is 1. The Labute approximate surface area is 184 Å². The maximum atomic E-state index is 12.5. The van der Waals surface area contributed by atoms with Gasteiger partial charge in [-0.1, -0.05) is 42.5 Å². The van der Waals surface area contributed by atoms with Crippen LogP contribution in [0.4, 0.5) is 4.79 Å². The van der Waals surface area contributed by atoms with Crippen molar-refractivity contribution >= 4 is 45.9 Å². The predicted molar refractivity (Wildman–Crippen MR) is 122 cm³/mol. The van der Waals surface area contributed by atoms with Gasteiger partial charge in [-0.25, -0.2) is 0 Å². The number of hydrogen-bond donors (Lipinski definition) is 1. The molecule has 3 amide bonds. The van der Waals surface area contributed by atoms with Crippen molar-refractivity contribution in [1.82, 2.24) is 10.2 Å². The molecule has 6 nitrogen and oxygen atoms in total. The summed E-state index contributed by atoms with van der Waals surface area (Å²) in [7, 11) is 0. The Balaban J connectivity index is 1.34. The predicted octanol–water partition coefficient (Wildman–Crippen LogP) is 4.44. The van der Waals surface area contributed by atoms with Gasteiger partial charge in [0.2, 0.25) is 5.91 Å². The normalized spacial score (nSPS) is 15.3. The molecule has 0 bridgehead atoms. The Morgan fingerprint density at radius 1 is 1.13 bits per heavy atom. The van der Waals surface area contributed by atoms with Crippen LogP contribution in [0.15, 0.2) is 58.1 Å². The highest BCUT2D eigenvalue weighted by Crippen LogP contribution is 2.32. The number of thioether (sulfide) groups is 1. The van der Waals surface area contributed by atoms with Crippen LogP contribution in [-0.4, -0.2) is 35.0 Å². The molecule has 1 N–H and O–H groups in total. The van der Waals surface area contributed by atoms with Crippen molar-refractivity contribution in [3.05, 3.63) is 75.9 Å². The van der Waals surface area contributed by atoms with Crippen molar-refractivity contribution in [3.63, 3.8) is 0 Å². The molecule has 7 heteroatoms. The molecule has 0 aliphatic carbocycles. The number of rotatable bonds is 6.